The Kier molecular flexibility index (Phi) is 6.92. The molecular weight excluding hydrogens is 442 g/mol. The standard InChI is InChI=1S/C24H27N3O5S/c1-14-3-2-4-16-12-27(13-19(14)16)24(32)22(30)21(29)23(31)26-11-20-25-10-18(33-20)9-15-5-7-17(28)8-6-15/h2-8,10,14,19,21-22,28-30H,9,11-13H2,1H3,(H,26,31)/t14?,19?,21-,22-/m1/s1. The molecule has 1 saturated heterocycles. The van der Waals surface area contributed by atoms with Crippen LogP contribution >= 0.6 is 11.3 Å². The van der Waals surface area contributed by atoms with Crippen molar-refractivity contribution in [1.82, 2.24) is 15.2 Å². The zero-order valence-corrected chi connectivity index (χ0v) is 19.0. The van der Waals surface area contributed by atoms with Crippen molar-refractivity contribution in [2.75, 3.05) is 13.1 Å². The summed E-state index contributed by atoms with van der Waals surface area (Å²) in [5, 5.41) is 33.1. The number of carbonyl (C=O) groups excluding carboxylic acids is 2. The average molecular weight is 470 g/mol. The molecule has 2 aliphatic rings. The van der Waals surface area contributed by atoms with E-state index >= 15 is 0 Å². The Bertz CT molecular complexity index is 1080. The highest BCUT2D eigenvalue weighted by atomic mass is 32.1. The van der Waals surface area contributed by atoms with Gasteiger partial charge in [0.2, 0.25) is 0 Å². The number of nitrogens with one attached hydrogen (secondary N) is 1. The minimum absolute atomic E-state index is 0.0822. The first-order valence-corrected chi connectivity index (χ1v) is 11.6. The number of fused-ring (bicyclic) bond motifs is 1. The zero-order chi connectivity index (χ0) is 23.5. The minimum atomic E-state index is -1.86. The third-order valence-electron chi connectivity index (χ3n) is 6.09. The van der Waals surface area contributed by atoms with Crippen LogP contribution in [0.4, 0.5) is 0 Å². The maximum Gasteiger partial charge on any atom is 0.255 e. The van der Waals surface area contributed by atoms with Crippen molar-refractivity contribution < 1.29 is 24.9 Å². The van der Waals surface area contributed by atoms with Crippen LogP contribution in [0.5, 0.6) is 5.75 Å². The number of allylic oxidation sites excluding steroid dienone is 3. The molecule has 0 spiro atoms. The van der Waals surface area contributed by atoms with Crippen molar-refractivity contribution in [2.24, 2.45) is 11.8 Å². The molecule has 1 aliphatic carbocycles. The van der Waals surface area contributed by atoms with Crippen molar-refractivity contribution in [1.29, 1.82) is 0 Å². The maximum atomic E-state index is 12.7. The molecule has 4 atom stereocenters. The molecule has 1 aromatic carbocycles. The largest absolute Gasteiger partial charge is 0.508 e. The molecular formula is C24H27N3O5S. The van der Waals surface area contributed by atoms with E-state index in [0.29, 0.717) is 30.4 Å². The fourth-order valence-electron chi connectivity index (χ4n) is 4.15. The first-order chi connectivity index (χ1) is 15.8. The van der Waals surface area contributed by atoms with Gasteiger partial charge in [-0.15, -0.1) is 11.3 Å². The lowest BCUT2D eigenvalue weighted by Crippen LogP contribution is -2.50. The Morgan fingerprint density at radius 3 is 2.73 bits per heavy atom. The molecule has 2 aromatic rings. The molecule has 8 nitrogen and oxygen atoms in total. The maximum absolute atomic E-state index is 12.7. The summed E-state index contributed by atoms with van der Waals surface area (Å²) >= 11 is 1.41. The Morgan fingerprint density at radius 2 is 2.00 bits per heavy atom. The van der Waals surface area contributed by atoms with E-state index in [1.54, 1.807) is 18.3 Å². The number of amides is 2. The minimum Gasteiger partial charge on any atom is -0.508 e. The van der Waals surface area contributed by atoms with Crippen LogP contribution in [0.1, 0.15) is 22.4 Å². The summed E-state index contributed by atoms with van der Waals surface area (Å²) in [4.78, 5) is 31.8. The van der Waals surface area contributed by atoms with Crippen molar-refractivity contribution in [3.63, 3.8) is 0 Å². The van der Waals surface area contributed by atoms with Gasteiger partial charge in [0.05, 0.1) is 6.54 Å². The monoisotopic (exact) mass is 469 g/mol. The topological polar surface area (TPSA) is 123 Å². The van der Waals surface area contributed by atoms with Gasteiger partial charge in [0.15, 0.2) is 12.2 Å². The summed E-state index contributed by atoms with van der Waals surface area (Å²) in [5.74, 6) is -0.761. The molecule has 33 heavy (non-hydrogen) atoms. The van der Waals surface area contributed by atoms with Crippen molar-refractivity contribution in [2.45, 2.75) is 32.1 Å². The number of benzene rings is 1. The molecule has 1 aromatic heterocycles. The summed E-state index contributed by atoms with van der Waals surface area (Å²) in [6.45, 7) is 3.02. The van der Waals surface area contributed by atoms with Crippen LogP contribution < -0.4 is 5.32 Å². The van der Waals surface area contributed by atoms with E-state index in [1.807, 2.05) is 24.3 Å². The number of phenolic OH excluding ortho intramolecular Hbond substituents is 1. The smallest absolute Gasteiger partial charge is 0.255 e. The molecule has 174 valence electrons. The Hall–Kier alpha value is -3.01. The molecule has 1 aliphatic heterocycles. The highest BCUT2D eigenvalue weighted by Gasteiger charge is 2.39. The predicted octanol–water partition coefficient (Wildman–Crippen LogP) is 1.37. The van der Waals surface area contributed by atoms with Crippen LogP contribution in [0, 0.1) is 11.8 Å². The average Bonchev–Trinajstić information content (AvgIpc) is 3.45. The second kappa shape index (κ2) is 9.86. The quantitative estimate of drug-likeness (QED) is 0.486. The van der Waals surface area contributed by atoms with E-state index in [1.165, 1.54) is 16.2 Å². The van der Waals surface area contributed by atoms with Gasteiger partial charge in [-0.3, -0.25) is 9.59 Å². The molecule has 4 N–H and O–H groups in total. The Morgan fingerprint density at radius 1 is 1.24 bits per heavy atom. The molecule has 0 radical (unpaired) electrons. The van der Waals surface area contributed by atoms with Crippen LogP contribution in [-0.4, -0.2) is 62.3 Å². The number of thiazole rings is 1. The molecule has 1 fully saturated rings. The fraction of sp³-hybridized carbons (Fsp3) is 0.375. The SMILES string of the molecule is CC1C=CC=C2CN(C(=O)[C@H](O)[C@@H](O)C(=O)NCc3ncc(Cc4ccc(O)cc4)s3)CC21. The van der Waals surface area contributed by atoms with Gasteiger partial charge in [-0.25, -0.2) is 4.98 Å². The van der Waals surface area contributed by atoms with Gasteiger partial charge in [-0.2, -0.15) is 0 Å². The number of hydrogen-bond donors (Lipinski definition) is 4. The first kappa shape index (κ1) is 23.2. The van der Waals surface area contributed by atoms with Gasteiger partial charge < -0.3 is 25.5 Å². The molecule has 4 rings (SSSR count). The molecule has 0 saturated carbocycles. The third-order valence-corrected chi connectivity index (χ3v) is 7.09. The number of nitrogens with zero attached hydrogens (tertiary/aromatic N) is 2. The van der Waals surface area contributed by atoms with E-state index in [0.717, 1.165) is 16.0 Å². The molecule has 2 heterocycles. The summed E-state index contributed by atoms with van der Waals surface area (Å²) in [7, 11) is 0. The normalized spacial score (nSPS) is 21.3. The van der Waals surface area contributed by atoms with Gasteiger partial charge in [-0.1, -0.05) is 37.3 Å². The van der Waals surface area contributed by atoms with E-state index in [-0.39, 0.29) is 18.2 Å². The first-order valence-electron chi connectivity index (χ1n) is 10.8. The van der Waals surface area contributed by atoms with E-state index in [2.05, 4.69) is 23.3 Å². The van der Waals surface area contributed by atoms with Crippen LogP contribution in [0.3, 0.4) is 0 Å². The highest BCUT2D eigenvalue weighted by molar-refractivity contribution is 7.11. The highest BCUT2D eigenvalue weighted by Crippen LogP contribution is 2.33. The van der Waals surface area contributed by atoms with Crippen molar-refractivity contribution >= 4 is 23.2 Å². The number of carbonyl (C=O) groups is 2. The lowest BCUT2D eigenvalue weighted by molar-refractivity contribution is -0.152. The van der Waals surface area contributed by atoms with Gasteiger partial charge in [0.25, 0.3) is 11.8 Å². The fourth-order valence-corrected chi connectivity index (χ4v) is 5.05. The Labute approximate surface area is 195 Å². The summed E-state index contributed by atoms with van der Waals surface area (Å²) in [5.41, 5.74) is 2.14. The van der Waals surface area contributed by atoms with Gasteiger partial charge in [0.1, 0.15) is 10.8 Å². The van der Waals surface area contributed by atoms with E-state index in [4.69, 9.17) is 0 Å². The van der Waals surface area contributed by atoms with Crippen LogP contribution in [0.15, 0.2) is 54.3 Å². The second-order valence-corrected chi connectivity index (χ2v) is 9.68. The van der Waals surface area contributed by atoms with E-state index in [9.17, 15) is 24.9 Å². The number of likely N-dealkylation sites (tertiary alicyclic amines) is 1. The Balaban J connectivity index is 1.27. The van der Waals surface area contributed by atoms with Crippen LogP contribution in [0.25, 0.3) is 0 Å². The molecule has 2 amide bonds. The second-order valence-electron chi connectivity index (χ2n) is 8.48. The van der Waals surface area contributed by atoms with Gasteiger partial charge >= 0.3 is 0 Å². The number of phenols is 1. The van der Waals surface area contributed by atoms with Gasteiger partial charge in [-0.05, 0) is 29.2 Å². The van der Waals surface area contributed by atoms with Crippen molar-refractivity contribution in [3.05, 3.63) is 69.7 Å². The third kappa shape index (κ3) is 5.32. The molecule has 0 bridgehead atoms. The van der Waals surface area contributed by atoms with Crippen LogP contribution in [-0.2, 0) is 22.6 Å². The number of aromatic nitrogens is 1. The number of aliphatic hydroxyl groups is 2. The lowest BCUT2D eigenvalue weighted by Gasteiger charge is -2.23. The number of aromatic hydroxyl groups is 1. The number of aliphatic hydroxyl groups excluding tert-OH is 2. The number of rotatable bonds is 7. The summed E-state index contributed by atoms with van der Waals surface area (Å²) in [6.07, 6.45) is 4.70. The van der Waals surface area contributed by atoms with Crippen molar-refractivity contribution in [3.8, 4) is 5.75 Å². The van der Waals surface area contributed by atoms with Crippen LogP contribution in [0.2, 0.25) is 0 Å². The van der Waals surface area contributed by atoms with E-state index < -0.39 is 24.0 Å². The zero-order valence-electron chi connectivity index (χ0n) is 18.2. The molecule has 2 unspecified atom stereocenters. The lowest BCUT2D eigenvalue weighted by atomic mass is 9.86. The summed E-state index contributed by atoms with van der Waals surface area (Å²) in [6, 6.07) is 6.90. The predicted molar refractivity (Wildman–Crippen MR) is 123 cm³/mol. The number of hydrogen-bond acceptors (Lipinski definition) is 7. The molecule has 9 heteroatoms. The van der Waals surface area contributed by atoms with Gasteiger partial charge in [0, 0.05) is 36.5 Å². The summed E-state index contributed by atoms with van der Waals surface area (Å²) < 4.78 is 0.